The summed E-state index contributed by atoms with van der Waals surface area (Å²) in [6.07, 6.45) is 4.36. The lowest BCUT2D eigenvalue weighted by Gasteiger charge is -2.16. The number of hydrogen-bond donors (Lipinski definition) is 3. The lowest BCUT2D eigenvalue weighted by atomic mass is 10.0. The molecule has 0 aliphatic carbocycles. The van der Waals surface area contributed by atoms with Crippen molar-refractivity contribution in [3.8, 4) is 28.3 Å². The van der Waals surface area contributed by atoms with Gasteiger partial charge in [-0.05, 0) is 42.7 Å². The summed E-state index contributed by atoms with van der Waals surface area (Å²) < 4.78 is 35.0. The number of aliphatic hydroxyl groups is 2. The minimum Gasteiger partial charge on any atom is -0.495 e. The van der Waals surface area contributed by atoms with E-state index in [1.807, 2.05) is 55.9 Å². The monoisotopic (exact) mass is 604 g/mol. The Labute approximate surface area is 250 Å². The SMILES string of the molecule is CCC(CO)c1cc(NCc2cccc(-c3nccn3C)c2)n2nc(C)c(-c3ccc(OC)c(S(=O)(=O)CCO)c3)c2n1. The summed E-state index contributed by atoms with van der Waals surface area (Å²) in [5.41, 5.74) is 5.18. The van der Waals surface area contributed by atoms with Gasteiger partial charge in [0, 0.05) is 49.1 Å². The van der Waals surface area contributed by atoms with Crippen molar-refractivity contribution in [1.82, 2.24) is 24.1 Å². The van der Waals surface area contributed by atoms with Crippen LogP contribution in [0.15, 0.2) is 65.8 Å². The molecule has 3 N–H and O–H groups in total. The molecule has 0 aliphatic heterocycles. The van der Waals surface area contributed by atoms with E-state index in [-0.39, 0.29) is 23.2 Å². The van der Waals surface area contributed by atoms with Crippen molar-refractivity contribution in [1.29, 1.82) is 0 Å². The normalized spacial score (nSPS) is 12.5. The van der Waals surface area contributed by atoms with E-state index in [1.54, 1.807) is 28.9 Å². The molecule has 0 spiro atoms. The van der Waals surface area contributed by atoms with Crippen LogP contribution in [0.4, 0.5) is 5.82 Å². The van der Waals surface area contributed by atoms with Crippen LogP contribution in [0.5, 0.6) is 5.75 Å². The first-order valence-corrected chi connectivity index (χ1v) is 15.7. The molecule has 0 amide bonds. The van der Waals surface area contributed by atoms with E-state index in [9.17, 15) is 18.6 Å². The molecule has 5 rings (SSSR count). The van der Waals surface area contributed by atoms with E-state index in [2.05, 4.69) is 16.4 Å². The number of imidazole rings is 1. The number of rotatable bonds is 12. The van der Waals surface area contributed by atoms with Gasteiger partial charge in [0.1, 0.15) is 22.3 Å². The molecule has 0 fully saturated rings. The third kappa shape index (κ3) is 5.99. The van der Waals surface area contributed by atoms with Gasteiger partial charge >= 0.3 is 0 Å². The second-order valence-corrected chi connectivity index (χ2v) is 12.5. The topological polar surface area (TPSA) is 144 Å². The molecule has 226 valence electrons. The number of fused-ring (bicyclic) bond motifs is 1. The Bertz CT molecular complexity index is 1860. The largest absolute Gasteiger partial charge is 0.495 e. The predicted molar refractivity (Wildman–Crippen MR) is 165 cm³/mol. The lowest BCUT2D eigenvalue weighted by molar-refractivity contribution is 0.260. The van der Waals surface area contributed by atoms with E-state index >= 15 is 0 Å². The third-order valence-electron chi connectivity index (χ3n) is 7.54. The van der Waals surface area contributed by atoms with Gasteiger partial charge < -0.3 is 24.8 Å². The van der Waals surface area contributed by atoms with Crippen LogP contribution in [-0.2, 0) is 23.4 Å². The molecule has 5 aromatic rings. The first kappa shape index (κ1) is 30.2. The highest BCUT2D eigenvalue weighted by atomic mass is 32.2. The van der Waals surface area contributed by atoms with Gasteiger partial charge in [0.2, 0.25) is 0 Å². The quantitative estimate of drug-likeness (QED) is 0.193. The first-order chi connectivity index (χ1) is 20.7. The van der Waals surface area contributed by atoms with Gasteiger partial charge in [-0.2, -0.15) is 9.61 Å². The van der Waals surface area contributed by atoms with Gasteiger partial charge in [-0.15, -0.1) is 0 Å². The molecule has 12 heteroatoms. The number of benzene rings is 2. The fourth-order valence-electron chi connectivity index (χ4n) is 5.21. The standard InChI is InChI=1S/C31H36N6O5S/c1-5-22(19-39)25-17-28(33-18-21-7-6-8-24(15-21)30-32-11-12-36(30)3)37-31(34-25)29(20(2)35-37)23-9-10-26(42-4)27(16-23)43(40,41)14-13-38/h6-12,15-17,22,33,38-39H,5,13-14,18-19H2,1-4H3. The molecule has 0 aliphatic rings. The van der Waals surface area contributed by atoms with Crippen molar-refractivity contribution < 1.29 is 23.4 Å². The average molecular weight is 605 g/mol. The Hall–Kier alpha value is -4.26. The lowest BCUT2D eigenvalue weighted by Crippen LogP contribution is -2.12. The summed E-state index contributed by atoms with van der Waals surface area (Å²) in [6.45, 7) is 3.76. The number of ether oxygens (including phenoxy) is 1. The van der Waals surface area contributed by atoms with Crippen LogP contribution in [0.3, 0.4) is 0 Å². The number of nitrogens with one attached hydrogen (secondary N) is 1. The van der Waals surface area contributed by atoms with E-state index < -0.39 is 22.2 Å². The van der Waals surface area contributed by atoms with E-state index in [0.29, 0.717) is 46.9 Å². The fraction of sp³-hybridized carbons (Fsp3) is 0.323. The molecular weight excluding hydrogens is 568 g/mol. The summed E-state index contributed by atoms with van der Waals surface area (Å²) in [6, 6.07) is 15.0. The van der Waals surface area contributed by atoms with Gasteiger partial charge in [0.25, 0.3) is 0 Å². The number of aliphatic hydroxyl groups excluding tert-OH is 2. The third-order valence-corrected chi connectivity index (χ3v) is 9.25. The molecule has 0 radical (unpaired) electrons. The number of sulfone groups is 1. The van der Waals surface area contributed by atoms with Crippen LogP contribution in [0.2, 0.25) is 0 Å². The molecule has 1 atom stereocenters. The zero-order valence-corrected chi connectivity index (χ0v) is 25.5. The van der Waals surface area contributed by atoms with Crippen LogP contribution in [0.1, 0.15) is 36.2 Å². The summed E-state index contributed by atoms with van der Waals surface area (Å²) in [7, 11) is -0.441. The maximum absolute atomic E-state index is 13.0. The fourth-order valence-corrected chi connectivity index (χ4v) is 6.43. The number of nitrogens with zero attached hydrogens (tertiary/aromatic N) is 5. The Morgan fingerprint density at radius 1 is 1.09 bits per heavy atom. The second kappa shape index (κ2) is 12.5. The summed E-state index contributed by atoms with van der Waals surface area (Å²) >= 11 is 0. The number of aryl methyl sites for hydroxylation is 2. The Morgan fingerprint density at radius 2 is 1.91 bits per heavy atom. The highest BCUT2D eigenvalue weighted by Gasteiger charge is 2.24. The molecule has 0 saturated heterocycles. The number of aromatic nitrogens is 5. The van der Waals surface area contributed by atoms with Crippen LogP contribution >= 0.6 is 0 Å². The molecule has 2 aromatic carbocycles. The predicted octanol–water partition coefficient (Wildman–Crippen LogP) is 3.98. The van der Waals surface area contributed by atoms with Crippen molar-refractivity contribution in [2.24, 2.45) is 7.05 Å². The van der Waals surface area contributed by atoms with Crippen LogP contribution < -0.4 is 10.1 Å². The molecule has 1 unspecified atom stereocenters. The van der Waals surface area contributed by atoms with Crippen molar-refractivity contribution in [2.45, 2.75) is 37.6 Å². The second-order valence-electron chi connectivity index (χ2n) is 10.4. The molecule has 11 nitrogen and oxygen atoms in total. The highest BCUT2D eigenvalue weighted by Crippen LogP contribution is 2.35. The molecule has 43 heavy (non-hydrogen) atoms. The summed E-state index contributed by atoms with van der Waals surface area (Å²) in [5, 5.41) is 27.8. The molecule has 0 bridgehead atoms. The molecule has 3 heterocycles. The van der Waals surface area contributed by atoms with Gasteiger partial charge in [-0.3, -0.25) is 0 Å². The van der Waals surface area contributed by atoms with Crippen molar-refractivity contribution >= 4 is 21.3 Å². The van der Waals surface area contributed by atoms with E-state index in [0.717, 1.165) is 17.0 Å². The highest BCUT2D eigenvalue weighted by molar-refractivity contribution is 7.91. The average Bonchev–Trinajstić information content (AvgIpc) is 3.58. The maximum atomic E-state index is 13.0. The minimum absolute atomic E-state index is 0.0100. The van der Waals surface area contributed by atoms with E-state index in [4.69, 9.17) is 14.8 Å². The zero-order chi connectivity index (χ0) is 30.7. The zero-order valence-electron chi connectivity index (χ0n) is 24.6. The summed E-state index contributed by atoms with van der Waals surface area (Å²) in [5.74, 6) is 1.13. The summed E-state index contributed by atoms with van der Waals surface area (Å²) in [4.78, 5) is 9.38. The van der Waals surface area contributed by atoms with Gasteiger partial charge in [0.05, 0.1) is 37.5 Å². The van der Waals surface area contributed by atoms with E-state index in [1.165, 1.54) is 7.11 Å². The van der Waals surface area contributed by atoms with Crippen molar-refractivity contribution in [2.75, 3.05) is 31.4 Å². The first-order valence-electron chi connectivity index (χ1n) is 14.0. The van der Waals surface area contributed by atoms with Crippen LogP contribution in [0.25, 0.3) is 28.2 Å². The van der Waals surface area contributed by atoms with Crippen molar-refractivity contribution in [3.63, 3.8) is 0 Å². The number of hydrogen-bond acceptors (Lipinski definition) is 9. The van der Waals surface area contributed by atoms with Crippen LogP contribution in [-0.4, -0.2) is 68.9 Å². The van der Waals surface area contributed by atoms with Crippen molar-refractivity contribution in [3.05, 3.63) is 77.9 Å². The van der Waals surface area contributed by atoms with Crippen LogP contribution in [0, 0.1) is 6.92 Å². The Balaban J connectivity index is 1.61. The molecule has 0 saturated carbocycles. The molecular formula is C31H36N6O5S. The van der Waals surface area contributed by atoms with Gasteiger partial charge in [-0.25, -0.2) is 18.4 Å². The smallest absolute Gasteiger partial charge is 0.184 e. The Morgan fingerprint density at radius 3 is 2.58 bits per heavy atom. The maximum Gasteiger partial charge on any atom is 0.184 e. The number of methoxy groups -OCH3 is 1. The minimum atomic E-state index is -3.81. The van der Waals surface area contributed by atoms with Gasteiger partial charge in [0.15, 0.2) is 15.5 Å². The molecule has 3 aromatic heterocycles. The number of anilines is 1. The van der Waals surface area contributed by atoms with Gasteiger partial charge in [-0.1, -0.05) is 31.2 Å². The Kier molecular flexibility index (Phi) is 8.81.